The van der Waals surface area contributed by atoms with Crippen LogP contribution in [-0.2, 0) is 15.9 Å². The highest BCUT2D eigenvalue weighted by Gasteiger charge is 2.52. The Labute approximate surface area is 159 Å². The molecule has 0 atom stereocenters. The van der Waals surface area contributed by atoms with Crippen LogP contribution in [0.4, 0.5) is 4.39 Å². The molecule has 0 aliphatic carbocycles. The Bertz CT molecular complexity index is 807. The van der Waals surface area contributed by atoms with Crippen LogP contribution in [0.5, 0.6) is 5.75 Å². The van der Waals surface area contributed by atoms with Crippen LogP contribution >= 0.6 is 11.6 Å². The van der Waals surface area contributed by atoms with E-state index in [0.29, 0.717) is 16.2 Å². The van der Waals surface area contributed by atoms with Crippen LogP contribution in [0.3, 0.4) is 0 Å². The normalized spacial score (nSPS) is 18.2. The molecule has 0 aromatic heterocycles. The molecule has 1 aliphatic heterocycles. The van der Waals surface area contributed by atoms with E-state index >= 15 is 0 Å². The van der Waals surface area contributed by atoms with Gasteiger partial charge in [-0.2, -0.15) is 0 Å². The van der Waals surface area contributed by atoms with Gasteiger partial charge in [-0.05, 0) is 81.5 Å². The number of ether oxygens (including phenoxy) is 1. The average molecular weight is 377 g/mol. The predicted molar refractivity (Wildman–Crippen MR) is 103 cm³/mol. The van der Waals surface area contributed by atoms with E-state index < -0.39 is 18.3 Å². The minimum Gasteiger partial charge on any atom is -0.489 e. The third-order valence-electron chi connectivity index (χ3n) is 5.14. The SMILES string of the molecule is Cc1cc(OCc2ccc(F)cc2B2OC(C)(C)C(C)(C)O2)ccc1Cl. The lowest BCUT2D eigenvalue weighted by molar-refractivity contribution is 0.00578. The molecule has 1 saturated heterocycles. The highest BCUT2D eigenvalue weighted by Crippen LogP contribution is 2.36. The van der Waals surface area contributed by atoms with Gasteiger partial charge in [-0.15, -0.1) is 0 Å². The first-order valence-corrected chi connectivity index (χ1v) is 9.00. The molecule has 0 spiro atoms. The Kier molecular flexibility index (Phi) is 5.08. The van der Waals surface area contributed by atoms with Crippen molar-refractivity contribution in [3.8, 4) is 5.75 Å². The van der Waals surface area contributed by atoms with Gasteiger partial charge in [-0.1, -0.05) is 17.7 Å². The van der Waals surface area contributed by atoms with Crippen molar-refractivity contribution in [2.45, 2.75) is 52.4 Å². The van der Waals surface area contributed by atoms with Crippen LogP contribution in [0, 0.1) is 12.7 Å². The topological polar surface area (TPSA) is 27.7 Å². The molecule has 1 aliphatic rings. The zero-order valence-electron chi connectivity index (χ0n) is 15.7. The summed E-state index contributed by atoms with van der Waals surface area (Å²) in [7, 11) is -0.638. The molecular formula is C20H23BClFO3. The van der Waals surface area contributed by atoms with Gasteiger partial charge in [0.15, 0.2) is 0 Å². The number of aryl methyl sites for hydroxylation is 1. The number of hydrogen-bond donors (Lipinski definition) is 0. The lowest BCUT2D eigenvalue weighted by Crippen LogP contribution is -2.41. The van der Waals surface area contributed by atoms with E-state index in [1.54, 1.807) is 12.1 Å². The number of hydrogen-bond acceptors (Lipinski definition) is 3. The van der Waals surface area contributed by atoms with Crippen LogP contribution in [0.2, 0.25) is 5.02 Å². The van der Waals surface area contributed by atoms with E-state index in [2.05, 4.69) is 0 Å². The first-order chi connectivity index (χ1) is 12.1. The molecule has 1 fully saturated rings. The summed E-state index contributed by atoms with van der Waals surface area (Å²) in [4.78, 5) is 0. The largest absolute Gasteiger partial charge is 0.495 e. The number of rotatable bonds is 4. The lowest BCUT2D eigenvalue weighted by Gasteiger charge is -2.32. The lowest BCUT2D eigenvalue weighted by atomic mass is 9.76. The van der Waals surface area contributed by atoms with Gasteiger partial charge in [-0.3, -0.25) is 0 Å². The third-order valence-corrected chi connectivity index (χ3v) is 5.56. The molecule has 138 valence electrons. The number of halogens is 2. The molecule has 0 unspecified atom stereocenters. The second-order valence-corrected chi connectivity index (χ2v) is 8.04. The van der Waals surface area contributed by atoms with Crippen LogP contribution in [0.1, 0.15) is 38.8 Å². The number of benzene rings is 2. The highest BCUT2D eigenvalue weighted by atomic mass is 35.5. The third kappa shape index (κ3) is 3.75. The van der Waals surface area contributed by atoms with Gasteiger partial charge < -0.3 is 14.0 Å². The Balaban J connectivity index is 1.84. The summed E-state index contributed by atoms with van der Waals surface area (Å²) >= 11 is 6.05. The van der Waals surface area contributed by atoms with Gasteiger partial charge >= 0.3 is 7.12 Å². The van der Waals surface area contributed by atoms with Crippen molar-refractivity contribution in [3.05, 3.63) is 58.4 Å². The van der Waals surface area contributed by atoms with Crippen molar-refractivity contribution in [2.75, 3.05) is 0 Å². The molecule has 3 rings (SSSR count). The fourth-order valence-electron chi connectivity index (χ4n) is 2.75. The van der Waals surface area contributed by atoms with Gasteiger partial charge in [0.05, 0.1) is 11.2 Å². The summed E-state index contributed by atoms with van der Waals surface area (Å²) in [5, 5.41) is 0.692. The second-order valence-electron chi connectivity index (χ2n) is 7.63. The minimum atomic E-state index is -0.638. The van der Waals surface area contributed by atoms with Gasteiger partial charge in [0, 0.05) is 5.02 Å². The average Bonchev–Trinajstić information content (AvgIpc) is 2.77. The fourth-order valence-corrected chi connectivity index (χ4v) is 2.87. The summed E-state index contributed by atoms with van der Waals surface area (Å²) in [6, 6.07) is 10.1. The minimum absolute atomic E-state index is 0.279. The molecule has 3 nitrogen and oxygen atoms in total. The molecule has 0 N–H and O–H groups in total. The monoisotopic (exact) mass is 376 g/mol. The Hall–Kier alpha value is -1.56. The molecule has 1 heterocycles. The summed E-state index contributed by atoms with van der Waals surface area (Å²) in [6.45, 7) is 10.1. The van der Waals surface area contributed by atoms with E-state index in [1.165, 1.54) is 12.1 Å². The highest BCUT2D eigenvalue weighted by molar-refractivity contribution is 6.62. The molecule has 26 heavy (non-hydrogen) atoms. The van der Waals surface area contributed by atoms with Crippen LogP contribution in [0.25, 0.3) is 0 Å². The van der Waals surface area contributed by atoms with Crippen LogP contribution in [-0.4, -0.2) is 18.3 Å². The molecule has 0 radical (unpaired) electrons. The summed E-state index contributed by atoms with van der Waals surface area (Å²) in [5.74, 6) is 0.372. The first kappa shape index (κ1) is 19.2. The first-order valence-electron chi connectivity index (χ1n) is 8.62. The van der Waals surface area contributed by atoms with E-state index in [9.17, 15) is 4.39 Å². The van der Waals surface area contributed by atoms with Gasteiger partial charge in [0.2, 0.25) is 0 Å². The summed E-state index contributed by atoms with van der Waals surface area (Å²) in [5.41, 5.74) is 1.42. The molecule has 2 aromatic carbocycles. The second kappa shape index (κ2) is 6.88. The molecular weight excluding hydrogens is 353 g/mol. The zero-order chi connectivity index (χ0) is 19.1. The van der Waals surface area contributed by atoms with Crippen molar-refractivity contribution in [2.24, 2.45) is 0 Å². The van der Waals surface area contributed by atoms with Crippen molar-refractivity contribution in [3.63, 3.8) is 0 Å². The maximum absolute atomic E-state index is 13.9. The maximum atomic E-state index is 13.9. The molecule has 0 saturated carbocycles. The quantitative estimate of drug-likeness (QED) is 0.726. The summed E-state index contributed by atoms with van der Waals surface area (Å²) in [6.07, 6.45) is 0. The molecule has 2 aromatic rings. The van der Waals surface area contributed by atoms with Crippen molar-refractivity contribution in [1.82, 2.24) is 0 Å². The van der Waals surface area contributed by atoms with Crippen LogP contribution in [0.15, 0.2) is 36.4 Å². The smallest absolute Gasteiger partial charge is 0.489 e. The van der Waals surface area contributed by atoms with Crippen LogP contribution < -0.4 is 10.2 Å². The van der Waals surface area contributed by atoms with E-state index in [1.807, 2.05) is 46.8 Å². The zero-order valence-corrected chi connectivity index (χ0v) is 16.5. The Morgan fingerprint density at radius 3 is 2.31 bits per heavy atom. The van der Waals surface area contributed by atoms with Crippen molar-refractivity contribution >= 4 is 24.2 Å². The predicted octanol–water partition coefficient (Wildman–Crippen LogP) is 4.67. The van der Waals surface area contributed by atoms with E-state index in [4.69, 9.17) is 25.6 Å². The van der Waals surface area contributed by atoms with Gasteiger partial charge in [0.1, 0.15) is 18.2 Å². The van der Waals surface area contributed by atoms with E-state index in [-0.39, 0.29) is 12.4 Å². The van der Waals surface area contributed by atoms with Gasteiger partial charge in [0.25, 0.3) is 0 Å². The van der Waals surface area contributed by atoms with Gasteiger partial charge in [-0.25, -0.2) is 4.39 Å². The Morgan fingerprint density at radius 1 is 1.04 bits per heavy atom. The van der Waals surface area contributed by atoms with Crippen molar-refractivity contribution < 1.29 is 18.4 Å². The molecule has 0 amide bonds. The molecule has 0 bridgehead atoms. The fraction of sp³-hybridized carbons (Fsp3) is 0.400. The van der Waals surface area contributed by atoms with Crippen molar-refractivity contribution in [1.29, 1.82) is 0 Å². The standard InChI is InChI=1S/C20H23BClFO3/c1-13-10-16(8-9-18(13)22)24-12-14-6-7-15(23)11-17(14)21-25-19(2,3)20(4,5)26-21/h6-11H,12H2,1-5H3. The summed E-state index contributed by atoms with van der Waals surface area (Å²) < 4.78 is 31.9. The Morgan fingerprint density at radius 2 is 1.69 bits per heavy atom. The molecule has 6 heteroatoms. The maximum Gasteiger partial charge on any atom is 0.495 e. The van der Waals surface area contributed by atoms with E-state index in [0.717, 1.165) is 11.1 Å².